The van der Waals surface area contributed by atoms with E-state index in [4.69, 9.17) is 4.42 Å². The number of benzene rings is 2. The molecular weight excluding hydrogens is 384 g/mol. The van der Waals surface area contributed by atoms with Gasteiger partial charge in [-0.3, -0.25) is 9.36 Å². The molecule has 0 bridgehead atoms. The molecular formula is C24H23ClN2O2. The zero-order valence-corrected chi connectivity index (χ0v) is 17.3. The number of aromatic nitrogens is 1. The van der Waals surface area contributed by atoms with E-state index in [1.165, 1.54) is 16.7 Å². The summed E-state index contributed by atoms with van der Waals surface area (Å²) in [5.74, 6) is 1.06. The van der Waals surface area contributed by atoms with Crippen LogP contribution in [0.15, 0.2) is 63.9 Å². The first-order chi connectivity index (χ1) is 13.6. The van der Waals surface area contributed by atoms with Gasteiger partial charge in [0.25, 0.3) is 5.56 Å². The molecule has 29 heavy (non-hydrogen) atoms. The number of halogens is 1. The fraction of sp³-hybridized carbons (Fsp3) is 0.208. The smallest absolute Gasteiger partial charge is 0.255 e. The van der Waals surface area contributed by atoms with Crippen LogP contribution in [0.25, 0.3) is 27.8 Å². The van der Waals surface area contributed by atoms with E-state index in [2.05, 4.69) is 43.4 Å². The summed E-state index contributed by atoms with van der Waals surface area (Å²) in [5.41, 5.74) is 7.30. The molecule has 2 aromatic carbocycles. The van der Waals surface area contributed by atoms with E-state index in [0.29, 0.717) is 0 Å². The highest BCUT2D eigenvalue weighted by Gasteiger charge is 2.17. The van der Waals surface area contributed by atoms with Crippen LogP contribution in [0.1, 0.15) is 22.5 Å². The first-order valence-corrected chi connectivity index (χ1v) is 9.66. The molecule has 0 atom stereocenters. The summed E-state index contributed by atoms with van der Waals surface area (Å²) in [6, 6.07) is 16.0. The average Bonchev–Trinajstić information content (AvgIpc) is 3.05. The van der Waals surface area contributed by atoms with Crippen molar-refractivity contribution in [2.45, 2.75) is 26.8 Å². The number of aryl methyl sites for hydroxylation is 2. The fourth-order valence-corrected chi connectivity index (χ4v) is 4.15. The number of furan rings is 1. The van der Waals surface area contributed by atoms with Gasteiger partial charge in [0.2, 0.25) is 0 Å². The molecule has 0 aliphatic carbocycles. The summed E-state index contributed by atoms with van der Waals surface area (Å²) >= 11 is 0. The Morgan fingerprint density at radius 3 is 2.69 bits per heavy atom. The molecule has 4 nitrogen and oxygen atoms in total. The summed E-state index contributed by atoms with van der Waals surface area (Å²) < 4.78 is 7.73. The van der Waals surface area contributed by atoms with Gasteiger partial charge >= 0.3 is 0 Å². The second-order valence-electron chi connectivity index (χ2n) is 7.55. The van der Waals surface area contributed by atoms with E-state index in [-0.39, 0.29) is 18.0 Å². The molecule has 0 unspecified atom stereocenters. The Kier molecular flexibility index (Phi) is 5.07. The van der Waals surface area contributed by atoms with Crippen LogP contribution in [0.5, 0.6) is 0 Å². The first kappa shape index (κ1) is 19.5. The highest BCUT2D eigenvalue weighted by molar-refractivity contribution is 5.85. The molecule has 0 radical (unpaired) electrons. The molecule has 0 saturated heterocycles. The Hall–Kier alpha value is -2.82. The quantitative estimate of drug-likeness (QED) is 0.513. The lowest BCUT2D eigenvalue weighted by atomic mass is 9.99. The van der Waals surface area contributed by atoms with Crippen molar-refractivity contribution in [3.8, 4) is 16.8 Å². The Morgan fingerprint density at radius 1 is 1.03 bits per heavy atom. The van der Waals surface area contributed by atoms with Gasteiger partial charge in [0.05, 0.1) is 5.69 Å². The second kappa shape index (κ2) is 7.54. The molecule has 0 fully saturated rings. The number of hydrogen-bond donors (Lipinski definition) is 1. The molecule has 4 aromatic rings. The molecule has 1 N–H and O–H groups in total. The van der Waals surface area contributed by atoms with E-state index >= 15 is 0 Å². The van der Waals surface area contributed by atoms with Crippen molar-refractivity contribution in [1.82, 2.24) is 9.88 Å². The predicted molar refractivity (Wildman–Crippen MR) is 119 cm³/mol. The van der Waals surface area contributed by atoms with E-state index in [9.17, 15) is 4.79 Å². The third kappa shape index (κ3) is 3.39. The first-order valence-electron chi connectivity index (χ1n) is 9.66. The highest BCUT2D eigenvalue weighted by atomic mass is 35.5. The number of nitrogens with one attached hydrogen (secondary N) is 1. The molecule has 148 valence electrons. The van der Waals surface area contributed by atoms with Crippen LogP contribution in [0.3, 0.4) is 0 Å². The van der Waals surface area contributed by atoms with Crippen LogP contribution >= 0.6 is 12.4 Å². The summed E-state index contributed by atoms with van der Waals surface area (Å²) in [7, 11) is 0. The van der Waals surface area contributed by atoms with Crippen molar-refractivity contribution < 1.29 is 4.42 Å². The Bertz CT molecular complexity index is 1270. The highest BCUT2D eigenvalue weighted by Crippen LogP contribution is 2.30. The minimum atomic E-state index is -0.0465. The van der Waals surface area contributed by atoms with E-state index in [0.717, 1.165) is 53.1 Å². The third-order valence-electron chi connectivity index (χ3n) is 5.58. The maximum atomic E-state index is 12.8. The van der Waals surface area contributed by atoms with Gasteiger partial charge in [-0.05, 0) is 48.7 Å². The van der Waals surface area contributed by atoms with Crippen molar-refractivity contribution in [3.63, 3.8) is 0 Å². The molecule has 5 heteroatoms. The van der Waals surface area contributed by atoms with Crippen molar-refractivity contribution >= 4 is 23.4 Å². The maximum Gasteiger partial charge on any atom is 0.255 e. The van der Waals surface area contributed by atoms with E-state index in [1.54, 1.807) is 10.6 Å². The standard InChI is InChI=1S/C24H22N2O2.ClH/c1-15-3-5-19(16(2)11-15)17-8-10-26(24(27)12-17)18-4-6-20-21-14-25-9-7-22(21)28-23(20)13-18;/h3-6,8,10-13,25H,7,9,14H2,1-2H3;1H. The molecule has 1 aliphatic heterocycles. The van der Waals surface area contributed by atoms with Crippen molar-refractivity contribution in [2.75, 3.05) is 6.54 Å². The normalized spacial score (nSPS) is 13.2. The van der Waals surface area contributed by atoms with Gasteiger partial charge in [0.1, 0.15) is 11.3 Å². The van der Waals surface area contributed by atoms with Gasteiger partial charge < -0.3 is 9.73 Å². The lowest BCUT2D eigenvalue weighted by Gasteiger charge is -2.11. The van der Waals surface area contributed by atoms with Crippen LogP contribution in [-0.2, 0) is 13.0 Å². The van der Waals surface area contributed by atoms with Crippen LogP contribution in [0.4, 0.5) is 0 Å². The summed E-state index contributed by atoms with van der Waals surface area (Å²) in [4.78, 5) is 12.8. The minimum absolute atomic E-state index is 0. The minimum Gasteiger partial charge on any atom is -0.461 e. The Balaban J connectivity index is 0.00000205. The molecule has 3 heterocycles. The van der Waals surface area contributed by atoms with Gasteiger partial charge in [0.15, 0.2) is 0 Å². The second-order valence-corrected chi connectivity index (χ2v) is 7.55. The summed E-state index contributed by atoms with van der Waals surface area (Å²) in [5, 5.41) is 4.52. The van der Waals surface area contributed by atoms with Crippen LogP contribution in [-0.4, -0.2) is 11.1 Å². The number of hydrogen-bond acceptors (Lipinski definition) is 3. The molecule has 0 amide bonds. The largest absolute Gasteiger partial charge is 0.461 e. The van der Waals surface area contributed by atoms with Crippen LogP contribution in [0, 0.1) is 13.8 Å². The van der Waals surface area contributed by atoms with Crippen molar-refractivity contribution in [3.05, 3.63) is 87.5 Å². The Morgan fingerprint density at radius 2 is 1.90 bits per heavy atom. The predicted octanol–water partition coefficient (Wildman–Crippen LogP) is 4.94. The lowest BCUT2D eigenvalue weighted by molar-refractivity contribution is 0.500. The number of rotatable bonds is 2. The van der Waals surface area contributed by atoms with E-state index in [1.807, 2.05) is 24.4 Å². The van der Waals surface area contributed by atoms with Crippen molar-refractivity contribution in [2.24, 2.45) is 0 Å². The monoisotopic (exact) mass is 406 g/mol. The molecule has 0 saturated carbocycles. The number of fused-ring (bicyclic) bond motifs is 3. The zero-order valence-electron chi connectivity index (χ0n) is 16.5. The van der Waals surface area contributed by atoms with Gasteiger partial charge in [-0.15, -0.1) is 12.4 Å². The van der Waals surface area contributed by atoms with Gasteiger partial charge in [0, 0.05) is 48.8 Å². The SMILES string of the molecule is Cc1ccc(-c2ccn(-c3ccc4c5c(oc4c3)CCNC5)c(=O)c2)c(C)c1.Cl. The molecule has 1 aliphatic rings. The van der Waals surface area contributed by atoms with Gasteiger partial charge in [-0.1, -0.05) is 23.8 Å². The number of nitrogens with zero attached hydrogens (tertiary/aromatic N) is 1. The number of pyridine rings is 1. The lowest BCUT2D eigenvalue weighted by Crippen LogP contribution is -2.22. The fourth-order valence-electron chi connectivity index (χ4n) is 4.15. The van der Waals surface area contributed by atoms with Crippen LogP contribution < -0.4 is 10.9 Å². The zero-order chi connectivity index (χ0) is 19.3. The maximum absolute atomic E-state index is 12.8. The van der Waals surface area contributed by atoms with Crippen LogP contribution in [0.2, 0.25) is 0 Å². The van der Waals surface area contributed by atoms with Gasteiger partial charge in [-0.25, -0.2) is 0 Å². The summed E-state index contributed by atoms with van der Waals surface area (Å²) in [6.07, 6.45) is 2.76. The van der Waals surface area contributed by atoms with Crippen molar-refractivity contribution in [1.29, 1.82) is 0 Å². The average molecular weight is 407 g/mol. The molecule has 2 aromatic heterocycles. The van der Waals surface area contributed by atoms with Gasteiger partial charge in [-0.2, -0.15) is 0 Å². The molecule has 5 rings (SSSR count). The topological polar surface area (TPSA) is 47.2 Å². The molecule has 0 spiro atoms. The Labute approximate surface area is 175 Å². The summed E-state index contributed by atoms with van der Waals surface area (Å²) in [6.45, 7) is 5.94. The third-order valence-corrected chi connectivity index (χ3v) is 5.58. The van der Waals surface area contributed by atoms with E-state index < -0.39 is 0 Å².